The summed E-state index contributed by atoms with van der Waals surface area (Å²) in [5, 5.41) is 25.7. The van der Waals surface area contributed by atoms with Gasteiger partial charge in [0, 0.05) is 37.3 Å². The predicted molar refractivity (Wildman–Crippen MR) is 114 cm³/mol. The lowest BCUT2D eigenvalue weighted by molar-refractivity contribution is -0.0571. The molecule has 4 rings (SSSR count). The van der Waals surface area contributed by atoms with E-state index in [9.17, 15) is 19.8 Å². The molecule has 0 radical (unpaired) electrons. The molecule has 0 bridgehead atoms. The molecule has 2 aromatic carbocycles. The lowest BCUT2D eigenvalue weighted by Gasteiger charge is -2.39. The van der Waals surface area contributed by atoms with Crippen LogP contribution in [0.1, 0.15) is 51.6 Å². The topological polar surface area (TPSA) is 81.1 Å². The van der Waals surface area contributed by atoms with Crippen LogP contribution in [0.15, 0.2) is 48.0 Å². The molecule has 1 saturated heterocycles. The number of carbonyl (C=O) groups excluding carboxylic acids is 2. The third-order valence-corrected chi connectivity index (χ3v) is 5.87. The largest absolute Gasteiger partial charge is 0.507 e. The maximum Gasteiger partial charge on any atom is 0.193 e. The second kappa shape index (κ2) is 8.42. The summed E-state index contributed by atoms with van der Waals surface area (Å²) in [4.78, 5) is 24.9. The van der Waals surface area contributed by atoms with Gasteiger partial charge in [-0.2, -0.15) is 0 Å². The highest BCUT2D eigenvalue weighted by Crippen LogP contribution is 2.38. The van der Waals surface area contributed by atoms with E-state index in [4.69, 9.17) is 0 Å². The first-order chi connectivity index (χ1) is 14.5. The number of allylic oxidation sites excluding steroid dienone is 2. The van der Waals surface area contributed by atoms with Crippen molar-refractivity contribution < 1.29 is 19.8 Å². The van der Waals surface area contributed by atoms with Crippen molar-refractivity contribution in [1.82, 2.24) is 10.0 Å². The third kappa shape index (κ3) is 3.88. The number of Topliss-reactive ketones (excluding diaryl/α,β-unsaturated/α-hetero) is 1. The van der Waals surface area contributed by atoms with E-state index < -0.39 is 11.6 Å². The second-order valence-electron chi connectivity index (χ2n) is 7.96. The molecule has 0 spiro atoms. The van der Waals surface area contributed by atoms with Gasteiger partial charge in [-0.1, -0.05) is 30.3 Å². The van der Waals surface area contributed by atoms with Crippen LogP contribution in [-0.2, 0) is 13.0 Å². The number of nitrogens with zero attached hydrogens (tertiary/aromatic N) is 2. The van der Waals surface area contributed by atoms with E-state index in [0.717, 1.165) is 38.9 Å². The summed E-state index contributed by atoms with van der Waals surface area (Å²) in [6, 6.07) is 11.7. The van der Waals surface area contributed by atoms with E-state index in [1.54, 1.807) is 0 Å². The quantitative estimate of drug-likeness (QED) is 0.740. The van der Waals surface area contributed by atoms with Crippen molar-refractivity contribution in [2.75, 3.05) is 19.6 Å². The number of fused-ring (bicyclic) bond motifs is 1. The fraction of sp³-hybridized carbons (Fsp3) is 0.333. The first-order valence-corrected chi connectivity index (χ1v) is 10.3. The normalized spacial score (nSPS) is 17.7. The molecule has 6 nitrogen and oxygen atoms in total. The van der Waals surface area contributed by atoms with Crippen molar-refractivity contribution in [3.05, 3.63) is 70.3 Å². The monoisotopic (exact) mass is 406 g/mol. The van der Waals surface area contributed by atoms with Gasteiger partial charge in [0.25, 0.3) is 0 Å². The first kappa shape index (κ1) is 20.3. The van der Waals surface area contributed by atoms with Gasteiger partial charge < -0.3 is 10.2 Å². The molecule has 1 fully saturated rings. The maximum absolute atomic E-state index is 12.5. The highest BCUT2D eigenvalue weighted by molar-refractivity contribution is 6.26. The van der Waals surface area contributed by atoms with Gasteiger partial charge >= 0.3 is 0 Å². The molecule has 1 aliphatic heterocycles. The number of phenols is 2. The zero-order valence-electron chi connectivity index (χ0n) is 17.1. The van der Waals surface area contributed by atoms with Crippen LogP contribution in [0.3, 0.4) is 0 Å². The van der Waals surface area contributed by atoms with Crippen LogP contribution < -0.4 is 0 Å². The molecule has 156 valence electrons. The Labute approximate surface area is 176 Å². The average molecular weight is 406 g/mol. The van der Waals surface area contributed by atoms with Gasteiger partial charge in [0.15, 0.2) is 11.6 Å². The SMILES string of the molecule is CC1=CC(=O)c2c(O)c(CN3CCCCN3CCc3ccccc3)cc(O)c2C1=O. The van der Waals surface area contributed by atoms with Crippen molar-refractivity contribution in [3.8, 4) is 11.5 Å². The molecule has 0 aromatic heterocycles. The van der Waals surface area contributed by atoms with Crippen LogP contribution in [0.5, 0.6) is 11.5 Å². The average Bonchev–Trinajstić information content (AvgIpc) is 2.74. The third-order valence-electron chi connectivity index (χ3n) is 5.87. The Morgan fingerprint density at radius 1 is 0.967 bits per heavy atom. The zero-order chi connectivity index (χ0) is 21.3. The number of phenolic OH excluding ortho intramolecular Hbond substituents is 2. The van der Waals surface area contributed by atoms with Gasteiger partial charge in [0.1, 0.15) is 11.5 Å². The molecule has 30 heavy (non-hydrogen) atoms. The molecule has 0 amide bonds. The summed E-state index contributed by atoms with van der Waals surface area (Å²) in [5.74, 6) is -1.34. The van der Waals surface area contributed by atoms with Gasteiger partial charge in [-0.3, -0.25) is 9.59 Å². The Bertz CT molecular complexity index is 1010. The Hall–Kier alpha value is -2.96. The second-order valence-corrected chi connectivity index (χ2v) is 7.96. The number of benzene rings is 2. The Kier molecular flexibility index (Phi) is 5.70. The number of hydrogen-bond donors (Lipinski definition) is 2. The van der Waals surface area contributed by atoms with E-state index >= 15 is 0 Å². The van der Waals surface area contributed by atoms with Crippen LogP contribution in [0.2, 0.25) is 0 Å². The molecular formula is C24H26N2O4. The van der Waals surface area contributed by atoms with Crippen molar-refractivity contribution >= 4 is 11.6 Å². The van der Waals surface area contributed by atoms with Crippen molar-refractivity contribution in [2.24, 2.45) is 0 Å². The molecular weight excluding hydrogens is 380 g/mol. The summed E-state index contributed by atoms with van der Waals surface area (Å²) in [7, 11) is 0. The summed E-state index contributed by atoms with van der Waals surface area (Å²) in [6.07, 6.45) is 4.28. The van der Waals surface area contributed by atoms with Crippen molar-refractivity contribution in [1.29, 1.82) is 0 Å². The highest BCUT2D eigenvalue weighted by Gasteiger charge is 2.32. The number of hydrazine groups is 1. The maximum atomic E-state index is 12.5. The van der Waals surface area contributed by atoms with E-state index in [-0.39, 0.29) is 28.2 Å². The van der Waals surface area contributed by atoms with E-state index in [0.29, 0.717) is 12.1 Å². The Balaban J connectivity index is 1.57. The summed E-state index contributed by atoms with van der Waals surface area (Å²) in [5.41, 5.74) is 1.79. The molecule has 2 aliphatic rings. The van der Waals surface area contributed by atoms with Gasteiger partial charge in [-0.25, -0.2) is 10.0 Å². The zero-order valence-corrected chi connectivity index (χ0v) is 17.1. The van der Waals surface area contributed by atoms with E-state index in [2.05, 4.69) is 22.2 Å². The smallest absolute Gasteiger partial charge is 0.193 e. The number of rotatable bonds is 5. The van der Waals surface area contributed by atoms with Gasteiger partial charge in [-0.15, -0.1) is 0 Å². The fourth-order valence-corrected chi connectivity index (χ4v) is 4.24. The molecule has 1 heterocycles. The van der Waals surface area contributed by atoms with Gasteiger partial charge in [0.05, 0.1) is 11.1 Å². The number of aromatic hydroxyl groups is 2. The standard InChI is InChI=1S/C24H26N2O4/c1-16-13-19(27)22-21(23(16)29)20(28)14-18(24(22)30)15-26-11-6-5-10-25(26)12-9-17-7-3-2-4-8-17/h2-4,7-8,13-14,28,30H,5-6,9-12,15H2,1H3. The van der Waals surface area contributed by atoms with Crippen LogP contribution in [0.25, 0.3) is 0 Å². The fourth-order valence-electron chi connectivity index (χ4n) is 4.24. The molecule has 0 saturated carbocycles. The molecule has 0 atom stereocenters. The first-order valence-electron chi connectivity index (χ1n) is 10.3. The van der Waals surface area contributed by atoms with Crippen molar-refractivity contribution in [3.63, 3.8) is 0 Å². The highest BCUT2D eigenvalue weighted by atomic mass is 16.3. The van der Waals surface area contributed by atoms with Gasteiger partial charge in [-0.05, 0) is 43.9 Å². The Morgan fingerprint density at radius 3 is 2.40 bits per heavy atom. The van der Waals surface area contributed by atoms with E-state index in [1.807, 2.05) is 18.2 Å². The molecule has 6 heteroatoms. The summed E-state index contributed by atoms with van der Waals surface area (Å²) < 4.78 is 0. The number of hydrogen-bond acceptors (Lipinski definition) is 6. The number of ketones is 2. The van der Waals surface area contributed by atoms with Crippen molar-refractivity contribution in [2.45, 2.75) is 32.7 Å². The molecule has 0 unspecified atom stereocenters. The van der Waals surface area contributed by atoms with Crippen LogP contribution in [0.4, 0.5) is 0 Å². The summed E-state index contributed by atoms with van der Waals surface area (Å²) in [6.45, 7) is 4.50. The van der Waals surface area contributed by atoms with Crippen LogP contribution in [0, 0.1) is 0 Å². The number of carbonyl (C=O) groups is 2. The van der Waals surface area contributed by atoms with Gasteiger partial charge in [0.2, 0.25) is 0 Å². The lowest BCUT2D eigenvalue weighted by atomic mass is 9.87. The lowest BCUT2D eigenvalue weighted by Crippen LogP contribution is -2.47. The van der Waals surface area contributed by atoms with E-state index in [1.165, 1.54) is 24.6 Å². The summed E-state index contributed by atoms with van der Waals surface area (Å²) >= 11 is 0. The minimum Gasteiger partial charge on any atom is -0.507 e. The molecule has 2 aromatic rings. The van der Waals surface area contributed by atoms with Crippen LogP contribution in [-0.4, -0.2) is 51.4 Å². The minimum absolute atomic E-state index is 0.0894. The minimum atomic E-state index is -0.448. The molecule has 1 aliphatic carbocycles. The van der Waals surface area contributed by atoms with Crippen LogP contribution >= 0.6 is 0 Å². The predicted octanol–water partition coefficient (Wildman–Crippen LogP) is 3.48. The molecule has 2 N–H and O–H groups in total. The Morgan fingerprint density at radius 2 is 1.67 bits per heavy atom.